The number of nitrogens with zero attached hydrogens (tertiary/aromatic N) is 1. The van der Waals surface area contributed by atoms with Crippen LogP contribution in [0.1, 0.15) is 18.4 Å². The number of methoxy groups -OCH3 is 1. The predicted molar refractivity (Wildman–Crippen MR) is 73.3 cm³/mol. The van der Waals surface area contributed by atoms with Crippen LogP contribution in [0.3, 0.4) is 0 Å². The van der Waals surface area contributed by atoms with Crippen LogP contribution < -0.4 is 10.5 Å². The molecule has 18 heavy (non-hydrogen) atoms. The van der Waals surface area contributed by atoms with E-state index in [4.69, 9.17) is 10.5 Å². The molecule has 1 aliphatic heterocycles. The molecule has 5 heteroatoms. The van der Waals surface area contributed by atoms with Crippen molar-refractivity contribution in [2.75, 3.05) is 13.7 Å². The molecule has 0 spiro atoms. The van der Waals surface area contributed by atoms with Gasteiger partial charge in [0.1, 0.15) is 5.75 Å². The molecule has 1 fully saturated rings. The zero-order valence-electron chi connectivity index (χ0n) is 10.4. The van der Waals surface area contributed by atoms with E-state index in [-0.39, 0.29) is 11.9 Å². The second-order valence-corrected chi connectivity index (χ2v) is 5.35. The number of ether oxygens (including phenoxy) is 1. The Morgan fingerprint density at radius 1 is 1.61 bits per heavy atom. The number of carbonyl (C=O) groups excluding carboxylic acids is 1. The zero-order chi connectivity index (χ0) is 13.1. The molecule has 0 aromatic heterocycles. The summed E-state index contributed by atoms with van der Waals surface area (Å²) in [6.07, 6.45) is 1.90. The number of amides is 1. The van der Waals surface area contributed by atoms with Crippen LogP contribution >= 0.6 is 15.9 Å². The molecular weight excluding hydrogens is 296 g/mol. The second-order valence-electron chi connectivity index (χ2n) is 4.50. The van der Waals surface area contributed by atoms with Gasteiger partial charge in [-0.05, 0) is 53.0 Å². The first-order chi connectivity index (χ1) is 8.61. The molecule has 1 unspecified atom stereocenters. The SMILES string of the molecule is COc1ccc(CN2CCCC2C(N)=O)cc1Br. The van der Waals surface area contributed by atoms with E-state index < -0.39 is 0 Å². The standard InChI is InChI=1S/C13H17BrN2O2/c1-18-12-5-4-9(7-10(12)14)8-16-6-2-3-11(16)13(15)17/h4-5,7,11H,2-3,6,8H2,1H3,(H2,15,17). The Kier molecular flexibility index (Phi) is 4.24. The summed E-state index contributed by atoms with van der Waals surface area (Å²) < 4.78 is 6.12. The number of nitrogens with two attached hydrogens (primary N) is 1. The first kappa shape index (κ1) is 13.4. The molecule has 0 bridgehead atoms. The van der Waals surface area contributed by atoms with Gasteiger partial charge in [0.2, 0.25) is 5.91 Å². The number of carbonyl (C=O) groups is 1. The van der Waals surface area contributed by atoms with Crippen molar-refractivity contribution in [1.29, 1.82) is 0 Å². The minimum atomic E-state index is -0.222. The number of rotatable bonds is 4. The van der Waals surface area contributed by atoms with Crippen molar-refractivity contribution in [3.63, 3.8) is 0 Å². The summed E-state index contributed by atoms with van der Waals surface area (Å²) in [7, 11) is 1.64. The minimum absolute atomic E-state index is 0.120. The smallest absolute Gasteiger partial charge is 0.234 e. The summed E-state index contributed by atoms with van der Waals surface area (Å²) in [6.45, 7) is 1.67. The van der Waals surface area contributed by atoms with E-state index in [2.05, 4.69) is 20.8 Å². The highest BCUT2D eigenvalue weighted by molar-refractivity contribution is 9.10. The van der Waals surface area contributed by atoms with Gasteiger partial charge in [0.05, 0.1) is 17.6 Å². The molecule has 1 aromatic rings. The van der Waals surface area contributed by atoms with Crippen molar-refractivity contribution in [3.05, 3.63) is 28.2 Å². The van der Waals surface area contributed by atoms with Gasteiger partial charge in [-0.3, -0.25) is 9.69 Å². The van der Waals surface area contributed by atoms with Crippen LogP contribution in [0, 0.1) is 0 Å². The van der Waals surface area contributed by atoms with Crippen LogP contribution in [0.5, 0.6) is 5.75 Å². The second kappa shape index (κ2) is 5.71. The Morgan fingerprint density at radius 2 is 2.39 bits per heavy atom. The first-order valence-electron chi connectivity index (χ1n) is 5.97. The average Bonchev–Trinajstić information content (AvgIpc) is 2.77. The van der Waals surface area contributed by atoms with Gasteiger partial charge >= 0.3 is 0 Å². The van der Waals surface area contributed by atoms with Gasteiger partial charge in [0.15, 0.2) is 0 Å². The molecule has 1 heterocycles. The van der Waals surface area contributed by atoms with Crippen molar-refractivity contribution in [1.82, 2.24) is 4.90 Å². The third-order valence-electron chi connectivity index (χ3n) is 3.29. The average molecular weight is 313 g/mol. The molecule has 1 aromatic carbocycles. The van der Waals surface area contributed by atoms with E-state index in [1.54, 1.807) is 7.11 Å². The fourth-order valence-corrected chi connectivity index (χ4v) is 2.97. The number of benzene rings is 1. The molecule has 1 saturated heterocycles. The Balaban J connectivity index is 2.09. The van der Waals surface area contributed by atoms with E-state index >= 15 is 0 Å². The highest BCUT2D eigenvalue weighted by atomic mass is 79.9. The number of likely N-dealkylation sites (tertiary alicyclic amines) is 1. The maximum absolute atomic E-state index is 11.3. The lowest BCUT2D eigenvalue weighted by Crippen LogP contribution is -2.39. The Bertz CT molecular complexity index is 451. The first-order valence-corrected chi connectivity index (χ1v) is 6.77. The van der Waals surface area contributed by atoms with Gasteiger partial charge in [-0.25, -0.2) is 0 Å². The molecule has 0 saturated carbocycles. The molecule has 1 atom stereocenters. The summed E-state index contributed by atoms with van der Waals surface area (Å²) in [5, 5.41) is 0. The van der Waals surface area contributed by atoms with Gasteiger partial charge in [0.25, 0.3) is 0 Å². The maximum atomic E-state index is 11.3. The fourth-order valence-electron chi connectivity index (χ4n) is 2.38. The Morgan fingerprint density at radius 3 is 3.00 bits per heavy atom. The maximum Gasteiger partial charge on any atom is 0.234 e. The molecule has 1 amide bonds. The summed E-state index contributed by atoms with van der Waals surface area (Å²) >= 11 is 3.47. The molecule has 98 valence electrons. The highest BCUT2D eigenvalue weighted by Crippen LogP contribution is 2.27. The quantitative estimate of drug-likeness (QED) is 0.924. The van der Waals surface area contributed by atoms with E-state index in [1.165, 1.54) is 0 Å². The van der Waals surface area contributed by atoms with Crippen LogP contribution in [0.4, 0.5) is 0 Å². The number of hydrogen-bond acceptors (Lipinski definition) is 3. The molecular formula is C13H17BrN2O2. The van der Waals surface area contributed by atoms with Crippen LogP contribution in [0.15, 0.2) is 22.7 Å². The van der Waals surface area contributed by atoms with Gasteiger partial charge < -0.3 is 10.5 Å². The van der Waals surface area contributed by atoms with Gasteiger partial charge in [-0.2, -0.15) is 0 Å². The number of hydrogen-bond donors (Lipinski definition) is 1. The van der Waals surface area contributed by atoms with Crippen molar-refractivity contribution >= 4 is 21.8 Å². The van der Waals surface area contributed by atoms with E-state index in [1.807, 2.05) is 18.2 Å². The molecule has 4 nitrogen and oxygen atoms in total. The van der Waals surface area contributed by atoms with E-state index in [0.717, 1.165) is 41.7 Å². The van der Waals surface area contributed by atoms with Gasteiger partial charge in [0, 0.05) is 6.54 Å². The number of halogens is 1. The third kappa shape index (κ3) is 2.84. The lowest BCUT2D eigenvalue weighted by Gasteiger charge is -2.22. The summed E-state index contributed by atoms with van der Waals surface area (Å²) in [5.41, 5.74) is 6.56. The summed E-state index contributed by atoms with van der Waals surface area (Å²) in [5.74, 6) is 0.590. The predicted octanol–water partition coefficient (Wildman–Crippen LogP) is 1.91. The summed E-state index contributed by atoms with van der Waals surface area (Å²) in [6, 6.07) is 5.84. The Hall–Kier alpha value is -1.07. The number of primary amides is 1. The van der Waals surface area contributed by atoms with Crippen LogP contribution in [0.2, 0.25) is 0 Å². The largest absolute Gasteiger partial charge is 0.496 e. The highest BCUT2D eigenvalue weighted by Gasteiger charge is 2.28. The van der Waals surface area contributed by atoms with Crippen molar-refractivity contribution in [2.24, 2.45) is 5.73 Å². The normalized spacial score (nSPS) is 20.0. The monoisotopic (exact) mass is 312 g/mol. The van der Waals surface area contributed by atoms with Crippen LogP contribution in [-0.4, -0.2) is 30.5 Å². The van der Waals surface area contributed by atoms with E-state index in [9.17, 15) is 4.79 Å². The van der Waals surface area contributed by atoms with E-state index in [0.29, 0.717) is 0 Å². The van der Waals surface area contributed by atoms with Crippen LogP contribution in [-0.2, 0) is 11.3 Å². The fraction of sp³-hybridized carbons (Fsp3) is 0.462. The van der Waals surface area contributed by atoms with Crippen molar-refractivity contribution in [3.8, 4) is 5.75 Å². The van der Waals surface area contributed by atoms with Crippen molar-refractivity contribution in [2.45, 2.75) is 25.4 Å². The lowest BCUT2D eigenvalue weighted by molar-refractivity contribution is -0.122. The molecule has 1 aliphatic rings. The third-order valence-corrected chi connectivity index (χ3v) is 3.91. The van der Waals surface area contributed by atoms with Crippen molar-refractivity contribution < 1.29 is 9.53 Å². The van der Waals surface area contributed by atoms with Gasteiger partial charge in [-0.1, -0.05) is 6.07 Å². The molecule has 2 rings (SSSR count). The zero-order valence-corrected chi connectivity index (χ0v) is 11.9. The minimum Gasteiger partial charge on any atom is -0.496 e. The molecule has 0 radical (unpaired) electrons. The molecule has 0 aliphatic carbocycles. The topological polar surface area (TPSA) is 55.6 Å². The van der Waals surface area contributed by atoms with Gasteiger partial charge in [-0.15, -0.1) is 0 Å². The molecule has 2 N–H and O–H groups in total. The summed E-state index contributed by atoms with van der Waals surface area (Å²) in [4.78, 5) is 13.5. The lowest BCUT2D eigenvalue weighted by atomic mass is 10.1. The Labute approximate surface area is 115 Å². The van der Waals surface area contributed by atoms with Crippen LogP contribution in [0.25, 0.3) is 0 Å².